The van der Waals surface area contributed by atoms with Gasteiger partial charge in [-0.2, -0.15) is 0 Å². The number of carbonyl (C=O) groups is 1. The molecule has 4 nitrogen and oxygen atoms in total. The van der Waals surface area contributed by atoms with Crippen molar-refractivity contribution in [3.05, 3.63) is 34.9 Å². The van der Waals surface area contributed by atoms with E-state index in [9.17, 15) is 4.79 Å². The van der Waals surface area contributed by atoms with E-state index in [1.54, 1.807) is 6.07 Å². The van der Waals surface area contributed by atoms with Crippen molar-refractivity contribution in [3.63, 3.8) is 0 Å². The van der Waals surface area contributed by atoms with Crippen LogP contribution in [0.3, 0.4) is 0 Å². The number of hydrogen-bond acceptors (Lipinski definition) is 3. The molecular weight excluding hydrogens is 266 g/mol. The van der Waals surface area contributed by atoms with Gasteiger partial charge >= 0.3 is 0 Å². The van der Waals surface area contributed by atoms with Crippen molar-refractivity contribution in [3.8, 4) is 11.8 Å². The number of hydrogen-bond donors (Lipinski definition) is 2. The van der Waals surface area contributed by atoms with E-state index in [1.807, 2.05) is 19.1 Å². The van der Waals surface area contributed by atoms with Crippen LogP contribution in [0.25, 0.3) is 0 Å². The zero-order chi connectivity index (χ0) is 15.7. The van der Waals surface area contributed by atoms with Crippen molar-refractivity contribution in [2.75, 3.05) is 26.4 Å². The van der Waals surface area contributed by atoms with E-state index in [0.717, 1.165) is 5.56 Å². The zero-order valence-corrected chi connectivity index (χ0v) is 12.9. The van der Waals surface area contributed by atoms with Crippen LogP contribution in [0, 0.1) is 24.7 Å². The maximum Gasteiger partial charge on any atom is 0.252 e. The second kappa shape index (κ2) is 9.17. The lowest BCUT2D eigenvalue weighted by Crippen LogP contribution is -2.28. The maximum absolute atomic E-state index is 12.1. The topological polar surface area (TPSA) is 58.6 Å². The van der Waals surface area contributed by atoms with Crippen LogP contribution < -0.4 is 5.32 Å². The summed E-state index contributed by atoms with van der Waals surface area (Å²) < 4.78 is 5.42. The molecule has 0 saturated heterocycles. The number of aryl methyl sites for hydroxylation is 1. The molecule has 0 unspecified atom stereocenters. The largest absolute Gasteiger partial charge is 0.384 e. The van der Waals surface area contributed by atoms with Gasteiger partial charge in [-0.1, -0.05) is 31.8 Å². The molecule has 0 aliphatic carbocycles. The van der Waals surface area contributed by atoms with Crippen LogP contribution in [0.2, 0.25) is 0 Å². The molecular formula is C17H23NO3. The van der Waals surface area contributed by atoms with E-state index < -0.39 is 0 Å². The number of rotatable bonds is 6. The fraction of sp³-hybridized carbons (Fsp3) is 0.471. The molecule has 0 atom stereocenters. The first kappa shape index (κ1) is 17.2. The van der Waals surface area contributed by atoms with Crippen molar-refractivity contribution in [2.45, 2.75) is 20.8 Å². The van der Waals surface area contributed by atoms with Gasteiger partial charge in [0.2, 0.25) is 0 Å². The van der Waals surface area contributed by atoms with Crippen LogP contribution in [0.5, 0.6) is 0 Å². The van der Waals surface area contributed by atoms with Gasteiger partial charge in [-0.05, 0) is 30.5 Å². The third-order valence-electron chi connectivity index (χ3n) is 2.70. The summed E-state index contributed by atoms with van der Waals surface area (Å²) >= 11 is 0. The minimum absolute atomic E-state index is 0.176. The smallest absolute Gasteiger partial charge is 0.252 e. The maximum atomic E-state index is 12.1. The summed E-state index contributed by atoms with van der Waals surface area (Å²) in [5.74, 6) is 5.69. The van der Waals surface area contributed by atoms with Crippen molar-refractivity contribution >= 4 is 5.91 Å². The molecule has 4 heteroatoms. The summed E-state index contributed by atoms with van der Waals surface area (Å²) in [4.78, 5) is 12.1. The molecule has 0 radical (unpaired) electrons. The molecule has 0 aromatic heterocycles. The fourth-order valence-electron chi connectivity index (χ4n) is 1.75. The van der Waals surface area contributed by atoms with Crippen molar-refractivity contribution in [1.29, 1.82) is 0 Å². The number of amides is 1. The van der Waals surface area contributed by atoms with E-state index >= 15 is 0 Å². The highest BCUT2D eigenvalue weighted by Gasteiger charge is 2.09. The summed E-state index contributed by atoms with van der Waals surface area (Å²) in [6.07, 6.45) is 0. The van der Waals surface area contributed by atoms with Crippen LogP contribution in [0.15, 0.2) is 18.2 Å². The lowest BCUT2D eigenvalue weighted by atomic mass is 10.0. The molecule has 21 heavy (non-hydrogen) atoms. The number of aliphatic hydroxyl groups is 1. The molecule has 0 aliphatic heterocycles. The van der Waals surface area contributed by atoms with Crippen LogP contribution in [0.1, 0.15) is 35.3 Å². The Morgan fingerprint density at radius 3 is 2.86 bits per heavy atom. The van der Waals surface area contributed by atoms with Gasteiger partial charge in [-0.3, -0.25) is 4.79 Å². The standard InChI is InChI=1S/C17H23NO3/c1-13(2)12-21-10-8-18-17(20)16-7-6-14(3)11-15(16)5-4-9-19/h6-7,11,13,19H,8-10,12H2,1-3H3,(H,18,20). The van der Waals surface area contributed by atoms with Crippen molar-refractivity contribution in [1.82, 2.24) is 5.32 Å². The quantitative estimate of drug-likeness (QED) is 0.619. The van der Waals surface area contributed by atoms with Gasteiger partial charge in [0.15, 0.2) is 0 Å². The number of carbonyl (C=O) groups excluding carboxylic acids is 1. The van der Waals surface area contributed by atoms with Crippen LogP contribution >= 0.6 is 0 Å². The van der Waals surface area contributed by atoms with E-state index in [-0.39, 0.29) is 12.5 Å². The Balaban J connectivity index is 2.61. The average molecular weight is 289 g/mol. The first-order valence-corrected chi connectivity index (χ1v) is 7.11. The van der Waals surface area contributed by atoms with Gasteiger partial charge in [0.05, 0.1) is 12.2 Å². The highest BCUT2D eigenvalue weighted by molar-refractivity contribution is 5.96. The Hall–Kier alpha value is -1.83. The number of aliphatic hydroxyl groups excluding tert-OH is 1. The molecule has 1 amide bonds. The predicted molar refractivity (Wildman–Crippen MR) is 83.1 cm³/mol. The van der Waals surface area contributed by atoms with Gasteiger partial charge in [-0.25, -0.2) is 0 Å². The molecule has 0 saturated carbocycles. The lowest BCUT2D eigenvalue weighted by molar-refractivity contribution is 0.0886. The van der Waals surface area contributed by atoms with Gasteiger partial charge in [-0.15, -0.1) is 0 Å². The van der Waals surface area contributed by atoms with E-state index in [0.29, 0.717) is 36.8 Å². The Labute approximate surface area is 126 Å². The third-order valence-corrected chi connectivity index (χ3v) is 2.70. The molecule has 0 fully saturated rings. The minimum Gasteiger partial charge on any atom is -0.384 e. The summed E-state index contributed by atoms with van der Waals surface area (Å²) in [6, 6.07) is 5.46. The average Bonchev–Trinajstić information content (AvgIpc) is 2.44. The molecule has 1 rings (SSSR count). The minimum atomic E-state index is -0.224. The van der Waals surface area contributed by atoms with E-state index in [1.165, 1.54) is 0 Å². The highest BCUT2D eigenvalue weighted by atomic mass is 16.5. The first-order valence-electron chi connectivity index (χ1n) is 7.11. The first-order chi connectivity index (χ1) is 10.0. The highest BCUT2D eigenvalue weighted by Crippen LogP contribution is 2.10. The van der Waals surface area contributed by atoms with Gasteiger partial charge in [0.1, 0.15) is 6.61 Å². The fourth-order valence-corrected chi connectivity index (χ4v) is 1.75. The molecule has 0 heterocycles. The zero-order valence-electron chi connectivity index (χ0n) is 12.9. The third kappa shape index (κ3) is 6.44. The Bertz CT molecular complexity index is 527. The van der Waals surface area contributed by atoms with Gasteiger partial charge in [0, 0.05) is 18.7 Å². The van der Waals surface area contributed by atoms with Gasteiger partial charge in [0.25, 0.3) is 5.91 Å². The summed E-state index contributed by atoms with van der Waals surface area (Å²) in [5, 5.41) is 11.6. The summed E-state index contributed by atoms with van der Waals surface area (Å²) in [6.45, 7) is 7.52. The van der Waals surface area contributed by atoms with E-state index in [2.05, 4.69) is 31.0 Å². The number of nitrogens with one attached hydrogen (secondary N) is 1. The van der Waals surface area contributed by atoms with Crippen LogP contribution in [-0.4, -0.2) is 37.4 Å². The molecule has 1 aromatic rings. The molecule has 1 aromatic carbocycles. The second-order valence-electron chi connectivity index (χ2n) is 5.23. The number of ether oxygens (including phenoxy) is 1. The Morgan fingerprint density at radius 1 is 1.43 bits per heavy atom. The predicted octanol–water partition coefficient (Wildman–Crippen LogP) is 1.74. The molecule has 0 bridgehead atoms. The molecule has 0 aliphatic rings. The monoisotopic (exact) mass is 289 g/mol. The lowest BCUT2D eigenvalue weighted by Gasteiger charge is -2.09. The second-order valence-corrected chi connectivity index (χ2v) is 5.23. The van der Waals surface area contributed by atoms with Crippen molar-refractivity contribution in [2.24, 2.45) is 5.92 Å². The molecule has 2 N–H and O–H groups in total. The molecule has 114 valence electrons. The normalized spacial score (nSPS) is 10.1. The van der Waals surface area contributed by atoms with Crippen LogP contribution in [-0.2, 0) is 4.74 Å². The van der Waals surface area contributed by atoms with Gasteiger partial charge < -0.3 is 15.2 Å². The van der Waals surface area contributed by atoms with Crippen molar-refractivity contribution < 1.29 is 14.6 Å². The Morgan fingerprint density at radius 2 is 2.19 bits per heavy atom. The van der Waals surface area contributed by atoms with E-state index in [4.69, 9.17) is 9.84 Å². The Kier molecular flexibility index (Phi) is 7.52. The summed E-state index contributed by atoms with van der Waals surface area (Å²) in [5.41, 5.74) is 2.17. The summed E-state index contributed by atoms with van der Waals surface area (Å²) in [7, 11) is 0. The number of benzene rings is 1. The molecule has 0 spiro atoms. The van der Waals surface area contributed by atoms with Crippen LogP contribution in [0.4, 0.5) is 0 Å². The SMILES string of the molecule is Cc1ccc(C(=O)NCCOCC(C)C)c(C#CCO)c1.